The highest BCUT2D eigenvalue weighted by atomic mass is 16.2. The summed E-state index contributed by atoms with van der Waals surface area (Å²) in [6, 6.07) is 5.65. The Morgan fingerprint density at radius 2 is 2.13 bits per heavy atom. The summed E-state index contributed by atoms with van der Waals surface area (Å²) in [6.07, 6.45) is 6.39. The Morgan fingerprint density at radius 3 is 2.87 bits per heavy atom. The van der Waals surface area contributed by atoms with E-state index in [-0.39, 0.29) is 17.5 Å². The van der Waals surface area contributed by atoms with Gasteiger partial charge in [-0.25, -0.2) is 4.79 Å². The number of hydrogen-bond acceptors (Lipinski definition) is 2. The molecule has 4 rings (SSSR count). The number of hydrogen-bond donors (Lipinski definition) is 3. The van der Waals surface area contributed by atoms with Crippen LogP contribution in [0.15, 0.2) is 29.2 Å². The largest absolute Gasteiger partial charge is 0.359 e. The number of aromatic nitrogens is 1. The van der Waals surface area contributed by atoms with Gasteiger partial charge in [0.2, 0.25) is 5.43 Å². The summed E-state index contributed by atoms with van der Waals surface area (Å²) in [5, 5.41) is 6.36. The Morgan fingerprint density at radius 1 is 1.26 bits per heavy atom. The second-order valence-electron chi connectivity index (χ2n) is 6.96. The van der Waals surface area contributed by atoms with Crippen molar-refractivity contribution in [2.45, 2.75) is 38.6 Å². The highest BCUT2D eigenvalue weighted by Gasteiger charge is 2.40. The van der Waals surface area contributed by atoms with Gasteiger partial charge in [-0.05, 0) is 50.2 Å². The highest BCUT2D eigenvalue weighted by Crippen LogP contribution is 2.44. The Labute approximate surface area is 134 Å². The van der Waals surface area contributed by atoms with Crippen molar-refractivity contribution in [1.82, 2.24) is 10.3 Å². The number of nitrogens with one attached hydrogen (secondary N) is 3. The maximum Gasteiger partial charge on any atom is 0.319 e. The van der Waals surface area contributed by atoms with Crippen LogP contribution in [0.5, 0.6) is 0 Å². The van der Waals surface area contributed by atoms with Crippen LogP contribution in [0, 0.1) is 18.8 Å². The maximum atomic E-state index is 12.5. The predicted octanol–water partition coefficient (Wildman–Crippen LogP) is 3.15. The quantitative estimate of drug-likeness (QED) is 0.797. The molecule has 2 aromatic rings. The van der Waals surface area contributed by atoms with Crippen molar-refractivity contribution in [1.29, 1.82) is 0 Å². The Bertz CT molecular complexity index is 827. The number of fused-ring (bicyclic) bond motifs is 3. The topological polar surface area (TPSA) is 74.0 Å². The van der Waals surface area contributed by atoms with Gasteiger partial charge in [-0.15, -0.1) is 0 Å². The third-order valence-corrected chi connectivity index (χ3v) is 5.34. The van der Waals surface area contributed by atoms with E-state index in [4.69, 9.17) is 0 Å². The number of aryl methyl sites for hydroxylation is 1. The van der Waals surface area contributed by atoms with Gasteiger partial charge in [0.15, 0.2) is 0 Å². The predicted molar refractivity (Wildman–Crippen MR) is 90.7 cm³/mol. The van der Waals surface area contributed by atoms with E-state index in [1.165, 1.54) is 19.3 Å². The molecule has 3 atom stereocenters. The van der Waals surface area contributed by atoms with Crippen LogP contribution < -0.4 is 16.1 Å². The fourth-order valence-electron chi connectivity index (χ4n) is 4.17. The molecule has 120 valence electrons. The minimum Gasteiger partial charge on any atom is -0.359 e. The Kier molecular flexibility index (Phi) is 3.36. The molecule has 0 radical (unpaired) electrons. The van der Waals surface area contributed by atoms with Crippen LogP contribution in [0.25, 0.3) is 10.9 Å². The van der Waals surface area contributed by atoms with Gasteiger partial charge >= 0.3 is 6.03 Å². The van der Waals surface area contributed by atoms with E-state index in [0.717, 1.165) is 23.4 Å². The Hall–Kier alpha value is -2.30. The highest BCUT2D eigenvalue weighted by molar-refractivity contribution is 5.92. The van der Waals surface area contributed by atoms with Gasteiger partial charge in [0.1, 0.15) is 5.69 Å². The first-order valence-corrected chi connectivity index (χ1v) is 8.30. The fourth-order valence-corrected chi connectivity index (χ4v) is 4.17. The molecule has 5 nitrogen and oxygen atoms in total. The number of carbonyl (C=O) groups is 1. The molecular formula is C18H21N3O2. The van der Waals surface area contributed by atoms with Gasteiger partial charge in [0.25, 0.3) is 0 Å². The van der Waals surface area contributed by atoms with Crippen molar-refractivity contribution >= 4 is 22.6 Å². The monoisotopic (exact) mass is 311 g/mol. The van der Waals surface area contributed by atoms with Crippen LogP contribution in [0.4, 0.5) is 10.5 Å². The lowest BCUT2D eigenvalue weighted by molar-refractivity contribution is 0.242. The number of H-pyrrole nitrogens is 1. The zero-order chi connectivity index (χ0) is 16.0. The summed E-state index contributed by atoms with van der Waals surface area (Å²) >= 11 is 0. The standard InChI is InChI=1S/C18H21N3O2/c1-10-2-5-14-13(6-10)17(22)16(9-19-14)21-18(23)20-15-8-11-3-4-12(15)7-11/h2,5-6,9,11-12,15H,3-4,7-8H2,1H3,(H,19,22)(H2,20,21,23). The number of rotatable bonds is 2. The minimum absolute atomic E-state index is 0.148. The van der Waals surface area contributed by atoms with Gasteiger partial charge in [-0.3, -0.25) is 4.79 Å². The fraction of sp³-hybridized carbons (Fsp3) is 0.444. The van der Waals surface area contributed by atoms with Gasteiger partial charge in [-0.1, -0.05) is 18.1 Å². The molecule has 1 aromatic heterocycles. The van der Waals surface area contributed by atoms with Gasteiger partial charge in [0, 0.05) is 23.1 Å². The molecule has 2 aliphatic carbocycles. The summed E-state index contributed by atoms with van der Waals surface area (Å²) < 4.78 is 0. The lowest BCUT2D eigenvalue weighted by atomic mass is 9.95. The summed E-state index contributed by atoms with van der Waals surface area (Å²) in [5.41, 5.74) is 1.94. The van der Waals surface area contributed by atoms with Crippen molar-refractivity contribution in [3.05, 3.63) is 40.2 Å². The van der Waals surface area contributed by atoms with Crippen LogP contribution in [0.3, 0.4) is 0 Å². The van der Waals surface area contributed by atoms with Crippen LogP contribution in [-0.2, 0) is 0 Å². The molecule has 23 heavy (non-hydrogen) atoms. The SMILES string of the molecule is Cc1ccc2[nH]cc(NC(=O)NC3CC4CCC3C4)c(=O)c2c1. The van der Waals surface area contributed by atoms with Crippen molar-refractivity contribution in [2.75, 3.05) is 5.32 Å². The lowest BCUT2D eigenvalue weighted by Crippen LogP contribution is -2.41. The Balaban J connectivity index is 1.52. The van der Waals surface area contributed by atoms with Crippen LogP contribution in [0.2, 0.25) is 0 Å². The minimum atomic E-state index is -0.278. The number of pyridine rings is 1. The second kappa shape index (κ2) is 5.41. The molecular weight excluding hydrogens is 290 g/mol. The van der Waals surface area contributed by atoms with Gasteiger partial charge < -0.3 is 15.6 Å². The number of urea groups is 1. The number of anilines is 1. The van der Waals surface area contributed by atoms with Crippen molar-refractivity contribution in [3.8, 4) is 0 Å². The van der Waals surface area contributed by atoms with E-state index in [1.54, 1.807) is 6.20 Å². The third-order valence-electron chi connectivity index (χ3n) is 5.34. The van der Waals surface area contributed by atoms with Crippen LogP contribution in [0.1, 0.15) is 31.2 Å². The first-order chi connectivity index (χ1) is 11.1. The van der Waals surface area contributed by atoms with E-state index in [0.29, 0.717) is 17.0 Å². The molecule has 2 bridgehead atoms. The zero-order valence-electron chi connectivity index (χ0n) is 13.2. The molecule has 2 fully saturated rings. The normalized spacial score (nSPS) is 25.7. The summed E-state index contributed by atoms with van der Waals surface area (Å²) in [6.45, 7) is 1.95. The summed E-state index contributed by atoms with van der Waals surface area (Å²) in [5.74, 6) is 1.39. The molecule has 1 heterocycles. The zero-order valence-corrected chi connectivity index (χ0v) is 13.2. The van der Waals surface area contributed by atoms with Crippen LogP contribution in [-0.4, -0.2) is 17.1 Å². The molecule has 0 saturated heterocycles. The number of benzene rings is 1. The number of aromatic amines is 1. The number of amides is 2. The average molecular weight is 311 g/mol. The molecule has 2 aliphatic rings. The first-order valence-electron chi connectivity index (χ1n) is 8.30. The maximum absolute atomic E-state index is 12.5. The molecule has 2 saturated carbocycles. The summed E-state index contributed by atoms with van der Waals surface area (Å²) in [4.78, 5) is 27.8. The average Bonchev–Trinajstić information content (AvgIpc) is 3.13. The van der Waals surface area contributed by atoms with Crippen molar-refractivity contribution < 1.29 is 4.79 Å². The second-order valence-corrected chi connectivity index (χ2v) is 6.96. The van der Waals surface area contributed by atoms with E-state index in [1.807, 2.05) is 25.1 Å². The van der Waals surface area contributed by atoms with Crippen LogP contribution >= 0.6 is 0 Å². The van der Waals surface area contributed by atoms with E-state index in [9.17, 15) is 9.59 Å². The smallest absolute Gasteiger partial charge is 0.319 e. The molecule has 1 aromatic carbocycles. The molecule has 0 spiro atoms. The molecule has 5 heteroatoms. The first kappa shape index (κ1) is 14.3. The van der Waals surface area contributed by atoms with Gasteiger partial charge in [0.05, 0.1) is 0 Å². The molecule has 3 N–H and O–H groups in total. The van der Waals surface area contributed by atoms with Gasteiger partial charge in [-0.2, -0.15) is 0 Å². The molecule has 2 amide bonds. The van der Waals surface area contributed by atoms with E-state index >= 15 is 0 Å². The third kappa shape index (κ3) is 2.60. The molecule has 0 aliphatic heterocycles. The van der Waals surface area contributed by atoms with Crippen molar-refractivity contribution in [3.63, 3.8) is 0 Å². The molecule has 3 unspecified atom stereocenters. The van der Waals surface area contributed by atoms with Crippen molar-refractivity contribution in [2.24, 2.45) is 11.8 Å². The van der Waals surface area contributed by atoms with E-state index in [2.05, 4.69) is 15.6 Å². The lowest BCUT2D eigenvalue weighted by Gasteiger charge is -2.22. The number of carbonyl (C=O) groups excluding carboxylic acids is 1. The summed E-state index contributed by atoms with van der Waals surface area (Å²) in [7, 11) is 0. The van der Waals surface area contributed by atoms with E-state index < -0.39 is 0 Å².